The van der Waals surface area contributed by atoms with E-state index in [0.29, 0.717) is 22.3 Å². The van der Waals surface area contributed by atoms with Crippen molar-refractivity contribution in [3.8, 4) is 0 Å². The second-order valence-corrected chi connectivity index (χ2v) is 13.8. The summed E-state index contributed by atoms with van der Waals surface area (Å²) in [6.45, 7) is 8.00. The van der Waals surface area contributed by atoms with Gasteiger partial charge in [-0.05, 0) is 109 Å². The van der Waals surface area contributed by atoms with Crippen LogP contribution in [0.4, 0.5) is 0 Å². The van der Waals surface area contributed by atoms with Crippen molar-refractivity contribution in [3.63, 3.8) is 0 Å². The molecule has 1 aromatic heterocycles. The van der Waals surface area contributed by atoms with Crippen molar-refractivity contribution in [2.45, 2.75) is 27.7 Å². The number of carbonyl (C=O) groups is 2. The predicted octanol–water partition coefficient (Wildman–Crippen LogP) is 11.2. The van der Waals surface area contributed by atoms with Gasteiger partial charge < -0.3 is 0 Å². The molecule has 0 atom stereocenters. The lowest BCUT2D eigenvalue weighted by atomic mass is 9.86. The van der Waals surface area contributed by atoms with Crippen molar-refractivity contribution in [1.82, 2.24) is 0 Å². The summed E-state index contributed by atoms with van der Waals surface area (Å²) < 4.78 is 0. The Hall–Kier alpha value is -5.64. The molecule has 0 bridgehead atoms. The van der Waals surface area contributed by atoms with Crippen LogP contribution in [0.25, 0.3) is 22.3 Å². The molecule has 0 unspecified atom stereocenters. The van der Waals surface area contributed by atoms with E-state index < -0.39 is 0 Å². The van der Waals surface area contributed by atoms with Crippen LogP contribution in [0.15, 0.2) is 168 Å². The van der Waals surface area contributed by atoms with Crippen LogP contribution in [-0.4, -0.2) is 11.6 Å². The number of benzene rings is 4. The summed E-state index contributed by atoms with van der Waals surface area (Å²) in [6.07, 6.45) is 8.14. The normalized spacial score (nSPS) is 16.8. The summed E-state index contributed by atoms with van der Waals surface area (Å²) in [5, 5.41) is 0. The second-order valence-electron chi connectivity index (χ2n) is 12.7. The fourth-order valence-electron chi connectivity index (χ4n) is 6.45. The smallest absolute Gasteiger partial charge is 0.189 e. The largest absolute Gasteiger partial charge is 0.289 e. The fraction of sp³-hybridized carbons (Fsp3) is 0.0870. The van der Waals surface area contributed by atoms with Crippen LogP contribution < -0.4 is 0 Å². The van der Waals surface area contributed by atoms with Crippen LogP contribution in [0.3, 0.4) is 0 Å². The lowest BCUT2D eigenvalue weighted by molar-refractivity contribution is -0.111. The molecule has 49 heavy (non-hydrogen) atoms. The third-order valence-electron chi connectivity index (χ3n) is 9.08. The highest BCUT2D eigenvalue weighted by Crippen LogP contribution is 2.42. The van der Waals surface area contributed by atoms with Gasteiger partial charge >= 0.3 is 0 Å². The molecule has 1 heterocycles. The summed E-state index contributed by atoms with van der Waals surface area (Å²) >= 11 is 1.73. The van der Waals surface area contributed by atoms with Gasteiger partial charge in [0.05, 0.1) is 0 Å². The van der Waals surface area contributed by atoms with Crippen LogP contribution >= 0.6 is 11.3 Å². The summed E-state index contributed by atoms with van der Waals surface area (Å²) in [7, 11) is 0. The average molecular weight is 653 g/mol. The minimum Gasteiger partial charge on any atom is -0.289 e. The van der Waals surface area contributed by atoms with Crippen LogP contribution in [0, 0.1) is 13.8 Å². The van der Waals surface area contributed by atoms with Crippen molar-refractivity contribution in [2.75, 3.05) is 0 Å². The van der Waals surface area contributed by atoms with Crippen molar-refractivity contribution in [1.29, 1.82) is 0 Å². The Morgan fingerprint density at radius 2 is 0.796 bits per heavy atom. The molecule has 2 nitrogen and oxygen atoms in total. The Morgan fingerprint density at radius 1 is 0.429 bits per heavy atom. The van der Waals surface area contributed by atoms with E-state index in [9.17, 15) is 9.59 Å². The molecule has 238 valence electrons. The van der Waals surface area contributed by atoms with E-state index in [2.05, 4.69) is 74.5 Å². The Balaban J connectivity index is 1.46. The number of rotatable bonds is 6. The highest BCUT2D eigenvalue weighted by Gasteiger charge is 2.25. The van der Waals surface area contributed by atoms with Crippen molar-refractivity contribution in [3.05, 3.63) is 211 Å². The maximum Gasteiger partial charge on any atom is 0.189 e. The zero-order valence-electron chi connectivity index (χ0n) is 28.1. The first-order valence-corrected chi connectivity index (χ1v) is 17.3. The van der Waals surface area contributed by atoms with E-state index in [1.54, 1.807) is 11.3 Å². The van der Waals surface area contributed by atoms with Crippen molar-refractivity contribution < 1.29 is 9.59 Å². The van der Waals surface area contributed by atoms with E-state index in [1.165, 1.54) is 11.1 Å². The topological polar surface area (TPSA) is 34.1 Å². The first-order chi connectivity index (χ1) is 23.8. The number of allylic oxidation sites excluding steroid dienone is 10. The SMILES string of the molecule is CC1=C/C(=C(/c2ccc(C)cc2)c2ccc(/C(=C3\C=C(C)C(=O)C(c4ccccc4)=C3)c3ccc(C)cc3)s2)C=C(c2ccccc2)C1=O. The van der Waals surface area contributed by atoms with Crippen molar-refractivity contribution >= 4 is 45.2 Å². The molecule has 0 radical (unpaired) electrons. The van der Waals surface area contributed by atoms with Gasteiger partial charge in [0.25, 0.3) is 0 Å². The van der Waals surface area contributed by atoms with Gasteiger partial charge in [-0.15, -0.1) is 11.3 Å². The summed E-state index contributed by atoms with van der Waals surface area (Å²) in [5.41, 5.74) is 13.4. The molecule has 0 N–H and O–H groups in total. The van der Waals surface area contributed by atoms with Gasteiger partial charge in [0.2, 0.25) is 0 Å². The van der Waals surface area contributed by atoms with Gasteiger partial charge in [-0.3, -0.25) is 9.59 Å². The molecule has 0 amide bonds. The maximum absolute atomic E-state index is 13.4. The van der Waals surface area contributed by atoms with E-state index in [-0.39, 0.29) is 11.6 Å². The van der Waals surface area contributed by atoms with Gasteiger partial charge in [0.15, 0.2) is 11.6 Å². The number of carbonyl (C=O) groups excluding carboxylic acids is 2. The number of ketones is 2. The monoisotopic (exact) mass is 652 g/mol. The molecule has 4 aromatic carbocycles. The van der Waals surface area contributed by atoms with Gasteiger partial charge in [0, 0.05) is 32.0 Å². The van der Waals surface area contributed by atoms with Gasteiger partial charge in [-0.2, -0.15) is 0 Å². The lowest BCUT2D eigenvalue weighted by Gasteiger charge is -2.18. The molecule has 0 fully saturated rings. The van der Waals surface area contributed by atoms with Gasteiger partial charge in [-0.25, -0.2) is 0 Å². The third kappa shape index (κ3) is 6.46. The fourth-order valence-corrected chi connectivity index (χ4v) is 7.63. The Labute approximate surface area is 292 Å². The second kappa shape index (κ2) is 13.5. The van der Waals surface area contributed by atoms with Crippen LogP contribution in [0.1, 0.15) is 57.0 Å². The molecule has 0 spiro atoms. The molecule has 0 saturated heterocycles. The first-order valence-electron chi connectivity index (χ1n) is 16.5. The standard InChI is InChI=1S/C46H36O2S/c1-29-15-19-35(20-16-29)43(37-25-31(3)45(47)39(27-37)33-11-7-5-8-12-33)41-23-24-42(49-41)44(36-21-17-30(2)18-22-36)38-26-32(4)46(48)40(28-38)34-13-9-6-10-14-34/h5-28H,1-4H3/b43-37+,44-38+. The van der Waals surface area contributed by atoms with Crippen LogP contribution in [-0.2, 0) is 9.59 Å². The number of hydrogen-bond donors (Lipinski definition) is 0. The minimum absolute atomic E-state index is 0.0477. The third-order valence-corrected chi connectivity index (χ3v) is 10.2. The van der Waals surface area contributed by atoms with Gasteiger partial charge in [-0.1, -0.05) is 120 Å². The molecule has 3 heteroatoms. The molecular weight excluding hydrogens is 617 g/mol. The van der Waals surface area contributed by atoms with E-state index >= 15 is 0 Å². The summed E-state index contributed by atoms with van der Waals surface area (Å²) in [4.78, 5) is 29.1. The number of Topliss-reactive ketones (excluding diaryl/α,β-unsaturated/α-hetero) is 2. The van der Waals surface area contributed by atoms with E-state index in [1.807, 2.05) is 98.8 Å². The number of thiophene rings is 1. The predicted molar refractivity (Wildman–Crippen MR) is 205 cm³/mol. The average Bonchev–Trinajstić information content (AvgIpc) is 3.59. The maximum atomic E-state index is 13.4. The Bertz CT molecular complexity index is 2120. The molecule has 5 aromatic rings. The molecule has 2 aliphatic carbocycles. The lowest BCUT2D eigenvalue weighted by Crippen LogP contribution is -2.09. The molecule has 7 rings (SSSR count). The zero-order valence-corrected chi connectivity index (χ0v) is 28.9. The molecule has 0 saturated carbocycles. The number of hydrogen-bond acceptors (Lipinski definition) is 3. The highest BCUT2D eigenvalue weighted by atomic mass is 32.1. The quantitative estimate of drug-likeness (QED) is 0.183. The van der Waals surface area contributed by atoms with Crippen LogP contribution in [0.5, 0.6) is 0 Å². The minimum atomic E-state index is 0.0477. The van der Waals surface area contributed by atoms with Crippen molar-refractivity contribution in [2.24, 2.45) is 0 Å². The first kappa shape index (κ1) is 31.9. The Kier molecular flexibility index (Phi) is 8.78. The summed E-state index contributed by atoms with van der Waals surface area (Å²) in [6, 6.07) is 41.4. The highest BCUT2D eigenvalue weighted by molar-refractivity contribution is 7.14. The molecular formula is C46H36O2S. The number of aryl methyl sites for hydroxylation is 2. The van der Waals surface area contributed by atoms with Gasteiger partial charge in [0.1, 0.15) is 0 Å². The molecule has 2 aliphatic rings. The van der Waals surface area contributed by atoms with E-state index in [4.69, 9.17) is 0 Å². The van der Waals surface area contributed by atoms with E-state index in [0.717, 1.165) is 54.3 Å². The van der Waals surface area contributed by atoms with Crippen LogP contribution in [0.2, 0.25) is 0 Å². The Morgan fingerprint density at radius 3 is 1.16 bits per heavy atom. The zero-order chi connectivity index (χ0) is 34.1. The summed E-state index contributed by atoms with van der Waals surface area (Å²) in [5.74, 6) is 0.0953. The molecule has 0 aliphatic heterocycles.